The van der Waals surface area contributed by atoms with E-state index in [1.165, 1.54) is 7.11 Å². The van der Waals surface area contributed by atoms with Gasteiger partial charge in [0.1, 0.15) is 19.4 Å². The summed E-state index contributed by atoms with van der Waals surface area (Å²) in [5.74, 6) is -0.512. The van der Waals surface area contributed by atoms with Crippen molar-refractivity contribution in [3.63, 3.8) is 0 Å². The molecular weight excluding hydrogens is 282 g/mol. The molecule has 0 saturated heterocycles. The Labute approximate surface area is 112 Å². The predicted octanol–water partition coefficient (Wildman–Crippen LogP) is 0.844. The minimum atomic E-state index is -0.694. The Bertz CT molecular complexity index is 449. The van der Waals surface area contributed by atoms with Crippen LogP contribution >= 0.6 is 22.9 Å². The van der Waals surface area contributed by atoms with Gasteiger partial charge >= 0.3 is 5.97 Å². The molecule has 0 atom stereocenters. The molecule has 0 unspecified atom stereocenters. The van der Waals surface area contributed by atoms with E-state index in [0.717, 1.165) is 11.3 Å². The van der Waals surface area contributed by atoms with Crippen LogP contribution in [0.3, 0.4) is 0 Å². The lowest BCUT2D eigenvalue weighted by Crippen LogP contribution is -2.20. The molecule has 0 fully saturated rings. The van der Waals surface area contributed by atoms with Crippen molar-refractivity contribution in [1.29, 1.82) is 0 Å². The van der Waals surface area contributed by atoms with Gasteiger partial charge in [-0.25, -0.2) is 9.78 Å². The van der Waals surface area contributed by atoms with Crippen molar-refractivity contribution < 1.29 is 19.2 Å². The number of ether oxygens (including phenoxy) is 1. The molecule has 0 saturated carbocycles. The first-order valence-corrected chi connectivity index (χ1v) is 6.14. The fourth-order valence-corrected chi connectivity index (χ4v) is 1.71. The number of anilines is 1. The first-order chi connectivity index (χ1) is 8.72. The number of carbonyl (C=O) groups is 2. The number of hydrogen-bond acceptors (Lipinski definition) is 7. The average Bonchev–Trinajstić information content (AvgIpc) is 2.81. The molecule has 0 aliphatic heterocycles. The maximum atomic E-state index is 11.6. The summed E-state index contributed by atoms with van der Waals surface area (Å²) in [5.41, 5.74) is 0.170. The van der Waals surface area contributed by atoms with Gasteiger partial charge in [0.25, 0.3) is 0 Å². The summed E-state index contributed by atoms with van der Waals surface area (Å²) in [5, 5.41) is 7.80. The highest BCUT2D eigenvalue weighted by atomic mass is 35.5. The number of nitrogens with one attached hydrogen (secondary N) is 1. The number of alkyl halides is 1. The Morgan fingerprint density at radius 1 is 1.72 bits per heavy atom. The first-order valence-electron chi connectivity index (χ1n) is 4.73. The monoisotopic (exact) mass is 291 g/mol. The van der Waals surface area contributed by atoms with E-state index in [-0.39, 0.29) is 23.9 Å². The van der Waals surface area contributed by atoms with Gasteiger partial charge in [-0.05, 0) is 0 Å². The van der Waals surface area contributed by atoms with Crippen LogP contribution in [0.5, 0.6) is 0 Å². The van der Waals surface area contributed by atoms with Crippen molar-refractivity contribution in [2.24, 2.45) is 5.16 Å². The number of halogens is 1. The van der Waals surface area contributed by atoms with Crippen molar-refractivity contribution in [1.82, 2.24) is 4.98 Å². The summed E-state index contributed by atoms with van der Waals surface area (Å²) < 4.78 is 4.82. The largest absolute Gasteiger partial charge is 0.460 e. The molecule has 1 amide bonds. The fourth-order valence-electron chi connectivity index (χ4n) is 0.979. The van der Waals surface area contributed by atoms with E-state index in [2.05, 4.69) is 20.3 Å². The number of rotatable bonds is 7. The van der Waals surface area contributed by atoms with Gasteiger partial charge < -0.3 is 14.9 Å². The third-order valence-electron chi connectivity index (χ3n) is 1.62. The second-order valence-corrected chi connectivity index (χ2v) is 3.98. The average molecular weight is 292 g/mol. The normalized spacial score (nSPS) is 10.9. The van der Waals surface area contributed by atoms with E-state index in [1.807, 2.05) is 0 Å². The smallest absolute Gasteiger partial charge is 0.362 e. The number of carbonyl (C=O) groups excluding carboxylic acids is 2. The molecule has 1 heterocycles. The third-order valence-corrected chi connectivity index (χ3v) is 2.54. The van der Waals surface area contributed by atoms with Gasteiger partial charge in [0.05, 0.1) is 5.88 Å². The first kappa shape index (κ1) is 14.4. The van der Waals surface area contributed by atoms with Crippen LogP contribution < -0.4 is 5.32 Å². The molecular formula is C9H10ClN3O4S. The van der Waals surface area contributed by atoms with Crippen molar-refractivity contribution >= 4 is 46.2 Å². The van der Waals surface area contributed by atoms with E-state index >= 15 is 0 Å². The standard InChI is InChI=1S/C9H10ClN3O4S/c1-16-13-7(8(15)17-3-2-10)6-4-18-9(12-6)11-5-14/h4-5H,2-3H2,1H3,(H,11,12,14)/b13-7-. The van der Waals surface area contributed by atoms with Crippen molar-refractivity contribution in [2.45, 2.75) is 0 Å². The lowest BCUT2D eigenvalue weighted by atomic mass is 10.3. The maximum Gasteiger partial charge on any atom is 0.362 e. The van der Waals surface area contributed by atoms with Crippen LogP contribution in [0, 0.1) is 0 Å². The van der Waals surface area contributed by atoms with Crippen LogP contribution in [0.25, 0.3) is 0 Å². The molecule has 1 rings (SSSR count). The predicted molar refractivity (Wildman–Crippen MR) is 67.0 cm³/mol. The lowest BCUT2D eigenvalue weighted by Gasteiger charge is -2.02. The molecule has 1 aromatic rings. The van der Waals surface area contributed by atoms with Gasteiger partial charge in [-0.15, -0.1) is 22.9 Å². The topological polar surface area (TPSA) is 89.9 Å². The van der Waals surface area contributed by atoms with Gasteiger partial charge in [-0.1, -0.05) is 5.16 Å². The molecule has 7 nitrogen and oxygen atoms in total. The van der Waals surface area contributed by atoms with Crippen LogP contribution in [0.15, 0.2) is 10.5 Å². The Kier molecular flexibility index (Phi) is 6.09. The molecule has 0 radical (unpaired) electrons. The fraction of sp³-hybridized carbons (Fsp3) is 0.333. The Morgan fingerprint density at radius 2 is 2.50 bits per heavy atom. The van der Waals surface area contributed by atoms with E-state index < -0.39 is 5.97 Å². The van der Waals surface area contributed by atoms with Crippen LogP contribution in [0.4, 0.5) is 5.13 Å². The van der Waals surface area contributed by atoms with E-state index in [0.29, 0.717) is 11.5 Å². The lowest BCUT2D eigenvalue weighted by molar-refractivity contribution is -0.135. The number of hydrogen-bond donors (Lipinski definition) is 1. The second-order valence-electron chi connectivity index (χ2n) is 2.75. The molecule has 98 valence electrons. The van der Waals surface area contributed by atoms with Crippen LogP contribution in [0.2, 0.25) is 0 Å². The van der Waals surface area contributed by atoms with Crippen molar-refractivity contribution in [3.8, 4) is 0 Å². The SMILES string of the molecule is CO/N=C(\C(=O)OCCCl)c1csc(NC=O)n1. The molecule has 0 aliphatic carbocycles. The van der Waals surface area contributed by atoms with Gasteiger partial charge in [0.15, 0.2) is 5.13 Å². The molecule has 0 bridgehead atoms. The molecule has 0 aliphatic rings. The van der Waals surface area contributed by atoms with Crippen LogP contribution in [-0.4, -0.2) is 42.7 Å². The molecule has 18 heavy (non-hydrogen) atoms. The summed E-state index contributed by atoms with van der Waals surface area (Å²) in [6, 6.07) is 0. The van der Waals surface area contributed by atoms with Gasteiger partial charge in [-0.2, -0.15) is 0 Å². The van der Waals surface area contributed by atoms with E-state index in [1.54, 1.807) is 5.38 Å². The van der Waals surface area contributed by atoms with Crippen molar-refractivity contribution in [3.05, 3.63) is 11.1 Å². The zero-order valence-electron chi connectivity index (χ0n) is 9.38. The number of amides is 1. The molecule has 9 heteroatoms. The van der Waals surface area contributed by atoms with Gasteiger partial charge in [0, 0.05) is 5.38 Å². The molecule has 0 aromatic carbocycles. The molecule has 1 N–H and O–H groups in total. The van der Waals surface area contributed by atoms with Crippen LogP contribution in [-0.2, 0) is 19.2 Å². The summed E-state index contributed by atoms with van der Waals surface area (Å²) in [4.78, 5) is 30.4. The highest BCUT2D eigenvalue weighted by Gasteiger charge is 2.20. The van der Waals surface area contributed by atoms with Gasteiger partial charge in [0.2, 0.25) is 12.1 Å². The highest BCUT2D eigenvalue weighted by molar-refractivity contribution is 7.14. The number of esters is 1. The highest BCUT2D eigenvalue weighted by Crippen LogP contribution is 2.16. The summed E-state index contributed by atoms with van der Waals surface area (Å²) >= 11 is 6.55. The Balaban J connectivity index is 2.86. The minimum absolute atomic E-state index is 0.0622. The van der Waals surface area contributed by atoms with E-state index in [4.69, 9.17) is 16.3 Å². The second kappa shape index (κ2) is 7.62. The number of aromatic nitrogens is 1. The van der Waals surface area contributed by atoms with Crippen LogP contribution in [0.1, 0.15) is 5.69 Å². The number of nitrogens with zero attached hydrogens (tertiary/aromatic N) is 2. The van der Waals surface area contributed by atoms with Gasteiger partial charge in [-0.3, -0.25) is 4.79 Å². The molecule has 1 aromatic heterocycles. The zero-order chi connectivity index (χ0) is 13.4. The Hall–Kier alpha value is -1.67. The number of oxime groups is 1. The molecule has 0 spiro atoms. The number of thiazole rings is 1. The Morgan fingerprint density at radius 3 is 3.11 bits per heavy atom. The quantitative estimate of drug-likeness (QED) is 0.264. The third kappa shape index (κ3) is 3.97. The summed E-state index contributed by atoms with van der Waals surface area (Å²) in [6.45, 7) is 0.0622. The summed E-state index contributed by atoms with van der Waals surface area (Å²) in [7, 11) is 1.30. The zero-order valence-corrected chi connectivity index (χ0v) is 11.0. The van der Waals surface area contributed by atoms with Crippen molar-refractivity contribution in [2.75, 3.05) is 24.9 Å². The maximum absolute atomic E-state index is 11.6. The summed E-state index contributed by atoms with van der Waals surface area (Å²) in [6.07, 6.45) is 0.488. The van der Waals surface area contributed by atoms with E-state index in [9.17, 15) is 9.59 Å². The minimum Gasteiger partial charge on any atom is -0.460 e.